The third-order valence-corrected chi connectivity index (χ3v) is 4.40. The van der Waals surface area contributed by atoms with Crippen LogP contribution in [0.1, 0.15) is 12.5 Å². The van der Waals surface area contributed by atoms with E-state index in [-0.39, 0.29) is 11.5 Å². The monoisotopic (exact) mass is 325 g/mol. The second-order valence-electron chi connectivity index (χ2n) is 5.94. The molecule has 5 nitrogen and oxygen atoms in total. The Kier molecular flexibility index (Phi) is 5.01. The summed E-state index contributed by atoms with van der Waals surface area (Å²) in [5.41, 5.74) is 2.63. The van der Waals surface area contributed by atoms with Gasteiger partial charge in [-0.3, -0.25) is 4.99 Å². The van der Waals surface area contributed by atoms with Gasteiger partial charge in [0.05, 0.1) is 5.69 Å². The van der Waals surface area contributed by atoms with Crippen molar-refractivity contribution in [2.45, 2.75) is 6.92 Å². The fourth-order valence-electron chi connectivity index (χ4n) is 2.86. The van der Waals surface area contributed by atoms with Crippen LogP contribution >= 0.6 is 0 Å². The Morgan fingerprint density at radius 2 is 1.71 bits per heavy atom. The largest absolute Gasteiger partial charge is 0.508 e. The number of hydrogen-bond acceptors (Lipinski definition) is 5. The predicted molar refractivity (Wildman–Crippen MR) is 97.8 cm³/mol. The van der Waals surface area contributed by atoms with E-state index in [1.54, 1.807) is 12.3 Å². The van der Waals surface area contributed by atoms with E-state index in [0.717, 1.165) is 38.4 Å². The van der Waals surface area contributed by atoms with E-state index in [1.165, 1.54) is 17.8 Å². The van der Waals surface area contributed by atoms with E-state index in [4.69, 9.17) is 0 Å². The van der Waals surface area contributed by atoms with Crippen LogP contribution in [0.5, 0.6) is 11.5 Å². The van der Waals surface area contributed by atoms with Crippen molar-refractivity contribution in [2.75, 3.05) is 37.6 Å². The quantitative estimate of drug-likeness (QED) is 0.849. The Balaban J connectivity index is 1.65. The van der Waals surface area contributed by atoms with Crippen LogP contribution in [0, 0.1) is 0 Å². The highest BCUT2D eigenvalue weighted by atomic mass is 16.3. The lowest BCUT2D eigenvalue weighted by atomic mass is 10.2. The summed E-state index contributed by atoms with van der Waals surface area (Å²) in [7, 11) is 0. The number of aliphatic imine (C=N–C) groups is 1. The first-order valence-corrected chi connectivity index (χ1v) is 8.29. The van der Waals surface area contributed by atoms with E-state index in [9.17, 15) is 10.2 Å². The van der Waals surface area contributed by atoms with Crippen LogP contribution in [0.4, 0.5) is 11.4 Å². The van der Waals surface area contributed by atoms with E-state index in [2.05, 4.69) is 33.8 Å². The molecule has 0 aliphatic carbocycles. The number of phenols is 2. The zero-order valence-corrected chi connectivity index (χ0v) is 13.9. The van der Waals surface area contributed by atoms with E-state index in [1.807, 2.05) is 12.1 Å². The molecule has 1 aliphatic rings. The molecule has 0 saturated carbocycles. The third kappa shape index (κ3) is 3.86. The summed E-state index contributed by atoms with van der Waals surface area (Å²) in [4.78, 5) is 9.24. The SMILES string of the molecule is CCN1CCN(c2ccc(N=Cc3ccc(O)cc3O)cc2)CC1. The Bertz CT molecular complexity index is 705. The van der Waals surface area contributed by atoms with Crippen LogP contribution in [-0.2, 0) is 0 Å². The van der Waals surface area contributed by atoms with Crippen molar-refractivity contribution >= 4 is 17.6 Å². The summed E-state index contributed by atoms with van der Waals surface area (Å²) < 4.78 is 0. The number of hydrogen-bond donors (Lipinski definition) is 2. The normalized spacial score (nSPS) is 16.0. The Hall–Kier alpha value is -2.53. The number of piperazine rings is 1. The molecule has 0 unspecified atom stereocenters. The minimum absolute atomic E-state index is 0.0177. The van der Waals surface area contributed by atoms with Gasteiger partial charge in [-0.1, -0.05) is 6.92 Å². The smallest absolute Gasteiger partial charge is 0.128 e. The van der Waals surface area contributed by atoms with Gasteiger partial charge in [0.2, 0.25) is 0 Å². The first-order valence-electron chi connectivity index (χ1n) is 8.29. The summed E-state index contributed by atoms with van der Waals surface area (Å²) >= 11 is 0. The molecule has 2 aromatic carbocycles. The van der Waals surface area contributed by atoms with Crippen LogP contribution in [0.2, 0.25) is 0 Å². The third-order valence-electron chi connectivity index (χ3n) is 4.40. The second kappa shape index (κ2) is 7.36. The van der Waals surface area contributed by atoms with Crippen LogP contribution in [-0.4, -0.2) is 54.1 Å². The first kappa shape index (κ1) is 16.3. The molecule has 126 valence electrons. The topological polar surface area (TPSA) is 59.3 Å². The molecular formula is C19H23N3O2. The van der Waals surface area contributed by atoms with Gasteiger partial charge in [-0.25, -0.2) is 0 Å². The van der Waals surface area contributed by atoms with Crippen LogP contribution in [0.15, 0.2) is 47.5 Å². The average molecular weight is 325 g/mol. The van der Waals surface area contributed by atoms with Gasteiger partial charge < -0.3 is 20.0 Å². The van der Waals surface area contributed by atoms with Gasteiger partial charge >= 0.3 is 0 Å². The maximum atomic E-state index is 9.76. The molecule has 2 N–H and O–H groups in total. The number of nitrogens with zero attached hydrogens (tertiary/aromatic N) is 3. The highest BCUT2D eigenvalue weighted by Gasteiger charge is 2.15. The fraction of sp³-hybridized carbons (Fsp3) is 0.316. The highest BCUT2D eigenvalue weighted by molar-refractivity contribution is 5.85. The molecule has 1 saturated heterocycles. The van der Waals surface area contributed by atoms with Gasteiger partial charge in [-0.05, 0) is 42.9 Å². The van der Waals surface area contributed by atoms with Crippen molar-refractivity contribution in [3.8, 4) is 11.5 Å². The lowest BCUT2D eigenvalue weighted by Gasteiger charge is -2.35. The Morgan fingerprint density at radius 1 is 1.00 bits per heavy atom. The van der Waals surface area contributed by atoms with Crippen LogP contribution in [0.25, 0.3) is 0 Å². The summed E-state index contributed by atoms with van der Waals surface area (Å²) in [6.45, 7) is 7.64. The lowest BCUT2D eigenvalue weighted by molar-refractivity contribution is 0.271. The summed E-state index contributed by atoms with van der Waals surface area (Å²) in [6.07, 6.45) is 1.60. The van der Waals surface area contributed by atoms with Gasteiger partial charge in [0, 0.05) is 49.7 Å². The maximum absolute atomic E-state index is 9.76. The van der Waals surface area contributed by atoms with Crippen LogP contribution < -0.4 is 4.90 Å². The molecule has 0 spiro atoms. The van der Waals surface area contributed by atoms with Crippen molar-refractivity contribution in [3.63, 3.8) is 0 Å². The fourth-order valence-corrected chi connectivity index (χ4v) is 2.86. The molecule has 1 heterocycles. The van der Waals surface area contributed by atoms with Gasteiger partial charge in [0.1, 0.15) is 11.5 Å². The molecule has 0 atom stereocenters. The molecule has 0 radical (unpaired) electrons. The Labute approximate surface area is 142 Å². The second-order valence-corrected chi connectivity index (χ2v) is 5.94. The van der Waals surface area contributed by atoms with Crippen molar-refractivity contribution in [1.82, 2.24) is 4.90 Å². The van der Waals surface area contributed by atoms with Gasteiger partial charge in [0.15, 0.2) is 0 Å². The molecular weight excluding hydrogens is 302 g/mol. The predicted octanol–water partition coefficient (Wildman–Crippen LogP) is 2.99. The van der Waals surface area contributed by atoms with Gasteiger partial charge in [-0.15, -0.1) is 0 Å². The number of anilines is 1. The molecule has 3 rings (SSSR count). The molecule has 24 heavy (non-hydrogen) atoms. The van der Waals surface area contributed by atoms with Gasteiger partial charge in [-0.2, -0.15) is 0 Å². The van der Waals surface area contributed by atoms with Crippen LogP contribution in [0.3, 0.4) is 0 Å². The minimum Gasteiger partial charge on any atom is -0.508 e. The van der Waals surface area contributed by atoms with Crippen molar-refractivity contribution in [3.05, 3.63) is 48.0 Å². The van der Waals surface area contributed by atoms with E-state index >= 15 is 0 Å². The first-order chi connectivity index (χ1) is 11.7. The number of rotatable bonds is 4. The summed E-state index contributed by atoms with van der Waals surface area (Å²) in [5, 5.41) is 19.1. The standard InChI is InChI=1S/C19H23N3O2/c1-2-21-9-11-22(12-10-21)17-6-4-16(5-7-17)20-14-15-3-8-18(23)13-19(15)24/h3-8,13-14,23-24H,2,9-12H2,1H3. The Morgan fingerprint density at radius 3 is 2.33 bits per heavy atom. The number of phenolic OH excluding ortho intramolecular Hbond substituents is 2. The number of likely N-dealkylation sites (N-methyl/N-ethyl adjacent to an activating group) is 1. The lowest BCUT2D eigenvalue weighted by Crippen LogP contribution is -2.46. The number of aromatic hydroxyl groups is 2. The summed E-state index contributed by atoms with van der Waals surface area (Å²) in [6, 6.07) is 12.6. The van der Waals surface area contributed by atoms with Crippen molar-refractivity contribution < 1.29 is 10.2 Å². The molecule has 1 fully saturated rings. The number of benzene rings is 2. The zero-order chi connectivity index (χ0) is 16.9. The molecule has 0 aromatic heterocycles. The highest BCUT2D eigenvalue weighted by Crippen LogP contribution is 2.23. The molecule has 5 heteroatoms. The van der Waals surface area contributed by atoms with E-state index < -0.39 is 0 Å². The van der Waals surface area contributed by atoms with Crippen molar-refractivity contribution in [2.24, 2.45) is 4.99 Å². The molecule has 0 amide bonds. The maximum Gasteiger partial charge on any atom is 0.128 e. The minimum atomic E-state index is 0.0177. The van der Waals surface area contributed by atoms with Gasteiger partial charge in [0.25, 0.3) is 0 Å². The average Bonchev–Trinajstić information content (AvgIpc) is 2.62. The van der Waals surface area contributed by atoms with Crippen molar-refractivity contribution in [1.29, 1.82) is 0 Å². The zero-order valence-electron chi connectivity index (χ0n) is 13.9. The van der Waals surface area contributed by atoms with E-state index in [0.29, 0.717) is 5.56 Å². The summed E-state index contributed by atoms with van der Waals surface area (Å²) in [5.74, 6) is 0.0568. The molecule has 2 aromatic rings. The molecule has 1 aliphatic heterocycles. The molecule has 0 bridgehead atoms.